The fourth-order valence-electron chi connectivity index (χ4n) is 3.36. The van der Waals surface area contributed by atoms with Crippen molar-refractivity contribution in [3.63, 3.8) is 0 Å². The predicted octanol–water partition coefficient (Wildman–Crippen LogP) is 6.42. The molecule has 0 atom stereocenters. The molecule has 0 N–H and O–H groups in total. The molecule has 2 nitrogen and oxygen atoms in total. The van der Waals surface area contributed by atoms with Crippen LogP contribution >= 0.6 is 11.6 Å². The fourth-order valence-corrected chi connectivity index (χ4v) is 3.82. The van der Waals surface area contributed by atoms with Crippen LogP contribution in [-0.2, 0) is 12.0 Å². The van der Waals surface area contributed by atoms with Crippen LogP contribution in [0.5, 0.6) is 0 Å². The third-order valence-corrected chi connectivity index (χ3v) is 5.15. The van der Waals surface area contributed by atoms with Crippen LogP contribution in [0, 0.1) is 0 Å². The third-order valence-electron chi connectivity index (χ3n) is 4.83. The minimum Gasteiger partial charge on any atom is -0.314 e. The lowest BCUT2D eigenvalue weighted by Gasteiger charge is -2.21. The van der Waals surface area contributed by atoms with Crippen molar-refractivity contribution >= 4 is 22.4 Å². The van der Waals surface area contributed by atoms with Gasteiger partial charge in [0.1, 0.15) is 0 Å². The molecule has 0 spiro atoms. The van der Waals surface area contributed by atoms with E-state index < -0.39 is 0 Å². The summed E-state index contributed by atoms with van der Waals surface area (Å²) >= 11 is 6.60. The van der Waals surface area contributed by atoms with Gasteiger partial charge in [-0.2, -0.15) is 0 Å². The maximum Gasteiger partial charge on any atom is 0.258 e. The minimum atomic E-state index is -0.00239. The van der Waals surface area contributed by atoms with Gasteiger partial charge >= 0.3 is 0 Å². The van der Waals surface area contributed by atoms with Crippen LogP contribution in [0.25, 0.3) is 21.9 Å². The lowest BCUT2D eigenvalue weighted by atomic mass is 9.86. The second-order valence-electron chi connectivity index (χ2n) is 7.89. The Hall–Kier alpha value is -2.06. The number of nitrogens with zero attached hydrogens (tertiary/aromatic N) is 1. The van der Waals surface area contributed by atoms with Gasteiger partial charge in [-0.05, 0) is 40.5 Å². The molecule has 26 heavy (non-hydrogen) atoms. The van der Waals surface area contributed by atoms with E-state index in [1.807, 2.05) is 41.1 Å². The molecular weight excluding hydrogens is 342 g/mol. The molecule has 3 aromatic rings. The SMILES string of the molecule is CCCCn1cc(-c2ccc(C(C)(C)C)c(Cl)c2)c2ccccc2c1=O. The Balaban J connectivity index is 2.23. The normalized spacial score (nSPS) is 11.9. The van der Waals surface area contributed by atoms with Crippen molar-refractivity contribution in [3.05, 3.63) is 69.6 Å². The molecule has 136 valence electrons. The molecule has 2 aromatic carbocycles. The van der Waals surface area contributed by atoms with E-state index in [0.29, 0.717) is 0 Å². The Bertz CT molecular complexity index is 995. The predicted molar refractivity (Wildman–Crippen MR) is 112 cm³/mol. The van der Waals surface area contributed by atoms with E-state index in [4.69, 9.17) is 11.6 Å². The standard InChI is InChI=1S/C23H26ClNO/c1-5-6-13-25-15-19(17-9-7-8-10-18(17)22(25)26)16-11-12-20(21(24)14-16)23(2,3)4/h7-12,14-15H,5-6,13H2,1-4H3. The molecule has 1 aromatic heterocycles. The molecule has 0 fully saturated rings. The first-order valence-corrected chi connectivity index (χ1v) is 9.63. The summed E-state index contributed by atoms with van der Waals surface area (Å²) in [4.78, 5) is 12.8. The van der Waals surface area contributed by atoms with Gasteiger partial charge in [0.2, 0.25) is 0 Å². The van der Waals surface area contributed by atoms with Gasteiger partial charge in [-0.25, -0.2) is 0 Å². The third kappa shape index (κ3) is 3.57. The number of aromatic nitrogens is 1. The summed E-state index contributed by atoms with van der Waals surface area (Å²) in [6, 6.07) is 14.1. The van der Waals surface area contributed by atoms with Crippen LogP contribution in [0.3, 0.4) is 0 Å². The number of unbranched alkanes of at least 4 members (excludes halogenated alkanes) is 1. The number of rotatable bonds is 4. The molecule has 0 radical (unpaired) electrons. The summed E-state index contributed by atoms with van der Waals surface area (Å²) in [5, 5.41) is 2.51. The average molecular weight is 368 g/mol. The van der Waals surface area contributed by atoms with E-state index in [1.54, 1.807) is 0 Å². The molecular formula is C23H26ClNO. The molecule has 0 bridgehead atoms. The molecule has 0 amide bonds. The van der Waals surface area contributed by atoms with Crippen molar-refractivity contribution in [1.82, 2.24) is 4.57 Å². The van der Waals surface area contributed by atoms with Crippen molar-refractivity contribution in [3.8, 4) is 11.1 Å². The molecule has 3 heteroatoms. The minimum absolute atomic E-state index is 0.00239. The van der Waals surface area contributed by atoms with E-state index in [0.717, 1.165) is 51.9 Å². The molecule has 0 aliphatic heterocycles. The van der Waals surface area contributed by atoms with E-state index >= 15 is 0 Å². The highest BCUT2D eigenvalue weighted by Gasteiger charge is 2.18. The topological polar surface area (TPSA) is 22.0 Å². The van der Waals surface area contributed by atoms with Crippen LogP contribution in [0.4, 0.5) is 0 Å². The molecule has 0 aliphatic carbocycles. The highest BCUT2D eigenvalue weighted by molar-refractivity contribution is 6.31. The van der Waals surface area contributed by atoms with Gasteiger partial charge < -0.3 is 4.57 Å². The van der Waals surface area contributed by atoms with Crippen molar-refractivity contribution < 1.29 is 0 Å². The average Bonchev–Trinajstić information content (AvgIpc) is 2.60. The van der Waals surface area contributed by atoms with Gasteiger partial charge in [-0.1, -0.05) is 76.0 Å². The number of fused-ring (bicyclic) bond motifs is 1. The molecule has 3 rings (SSSR count). The Morgan fingerprint density at radius 1 is 1.04 bits per heavy atom. The molecule has 0 saturated carbocycles. The summed E-state index contributed by atoms with van der Waals surface area (Å²) in [5.74, 6) is 0. The van der Waals surface area contributed by atoms with Gasteiger partial charge in [0.25, 0.3) is 5.56 Å². The summed E-state index contributed by atoms with van der Waals surface area (Å²) in [5.41, 5.74) is 3.31. The number of benzene rings is 2. The largest absolute Gasteiger partial charge is 0.314 e. The lowest BCUT2D eigenvalue weighted by molar-refractivity contribution is 0.590. The Morgan fingerprint density at radius 3 is 2.35 bits per heavy atom. The van der Waals surface area contributed by atoms with Crippen LogP contribution in [0.2, 0.25) is 5.02 Å². The van der Waals surface area contributed by atoms with Crippen molar-refractivity contribution in [2.75, 3.05) is 0 Å². The summed E-state index contributed by atoms with van der Waals surface area (Å²) in [7, 11) is 0. The highest BCUT2D eigenvalue weighted by atomic mass is 35.5. The van der Waals surface area contributed by atoms with Crippen molar-refractivity contribution in [2.24, 2.45) is 0 Å². The first-order chi connectivity index (χ1) is 12.3. The van der Waals surface area contributed by atoms with E-state index in [1.165, 1.54) is 0 Å². The van der Waals surface area contributed by atoms with Gasteiger partial charge in [0, 0.05) is 28.7 Å². The summed E-state index contributed by atoms with van der Waals surface area (Å²) in [6.45, 7) is 9.36. The molecule has 0 unspecified atom stereocenters. The number of pyridine rings is 1. The summed E-state index contributed by atoms with van der Waals surface area (Å²) in [6.07, 6.45) is 4.03. The second kappa shape index (κ2) is 7.28. The van der Waals surface area contributed by atoms with Gasteiger partial charge in [0.05, 0.1) is 0 Å². The van der Waals surface area contributed by atoms with Crippen LogP contribution in [0.1, 0.15) is 46.1 Å². The maximum atomic E-state index is 12.8. The maximum absolute atomic E-state index is 12.8. The smallest absolute Gasteiger partial charge is 0.258 e. The zero-order chi connectivity index (χ0) is 18.9. The van der Waals surface area contributed by atoms with Crippen molar-refractivity contribution in [1.29, 1.82) is 0 Å². The molecule has 0 saturated heterocycles. The Labute approximate surface area is 160 Å². The van der Waals surface area contributed by atoms with E-state index in [9.17, 15) is 4.79 Å². The van der Waals surface area contributed by atoms with Crippen LogP contribution in [0.15, 0.2) is 53.5 Å². The summed E-state index contributed by atoms with van der Waals surface area (Å²) < 4.78 is 1.84. The van der Waals surface area contributed by atoms with Crippen LogP contribution in [-0.4, -0.2) is 4.57 Å². The van der Waals surface area contributed by atoms with Gasteiger partial charge in [-0.3, -0.25) is 4.79 Å². The number of hydrogen-bond donors (Lipinski definition) is 0. The Morgan fingerprint density at radius 2 is 1.73 bits per heavy atom. The Kier molecular flexibility index (Phi) is 5.24. The first kappa shape index (κ1) is 18.7. The quantitative estimate of drug-likeness (QED) is 0.521. The lowest BCUT2D eigenvalue weighted by Crippen LogP contribution is -2.20. The number of hydrogen-bond acceptors (Lipinski definition) is 1. The zero-order valence-corrected chi connectivity index (χ0v) is 16.7. The number of halogens is 1. The van der Waals surface area contributed by atoms with Crippen LogP contribution < -0.4 is 5.56 Å². The molecule has 1 heterocycles. The monoisotopic (exact) mass is 367 g/mol. The van der Waals surface area contributed by atoms with Crippen molar-refractivity contribution in [2.45, 2.75) is 52.5 Å². The fraction of sp³-hybridized carbons (Fsp3) is 0.348. The van der Waals surface area contributed by atoms with Gasteiger partial charge in [0.15, 0.2) is 0 Å². The van der Waals surface area contributed by atoms with E-state index in [2.05, 4.69) is 39.8 Å². The molecule has 0 aliphatic rings. The number of aryl methyl sites for hydroxylation is 1. The first-order valence-electron chi connectivity index (χ1n) is 9.25. The van der Waals surface area contributed by atoms with E-state index in [-0.39, 0.29) is 11.0 Å². The zero-order valence-electron chi connectivity index (χ0n) is 16.0. The second-order valence-corrected chi connectivity index (χ2v) is 8.29. The van der Waals surface area contributed by atoms with Gasteiger partial charge in [-0.15, -0.1) is 0 Å². The highest BCUT2D eigenvalue weighted by Crippen LogP contribution is 2.34.